The van der Waals surface area contributed by atoms with Gasteiger partial charge in [0.1, 0.15) is 0 Å². The van der Waals surface area contributed by atoms with Crippen LogP contribution in [0.3, 0.4) is 0 Å². The average molecular weight is 299 g/mol. The maximum atomic E-state index is 5.74. The lowest BCUT2D eigenvalue weighted by atomic mass is 10.0. The first-order valence-electron chi connectivity index (χ1n) is 7.47. The minimum absolute atomic E-state index is 0.502. The van der Waals surface area contributed by atoms with Crippen LogP contribution in [-0.2, 0) is 32.7 Å². The summed E-state index contributed by atoms with van der Waals surface area (Å²) in [4.78, 5) is 0. The predicted octanol–water partition coefficient (Wildman–Crippen LogP) is 1.13. The summed E-state index contributed by atoms with van der Waals surface area (Å²) in [5.41, 5.74) is 29.5. The van der Waals surface area contributed by atoms with E-state index in [2.05, 4.69) is 29.6 Å². The summed E-state index contributed by atoms with van der Waals surface area (Å²) < 4.78 is 0. The third kappa shape index (κ3) is 4.29. The molecule has 0 saturated heterocycles. The molecule has 0 radical (unpaired) electrons. The third-order valence-electron chi connectivity index (χ3n) is 3.60. The van der Waals surface area contributed by atoms with Crippen LogP contribution in [0.15, 0.2) is 36.4 Å². The molecule has 2 aromatic carbocycles. The molecule has 0 aliphatic carbocycles. The SMILES string of the molecule is NCc1cc(CN)cc(CNc2cc(CN)cc(CN)c2)c1. The summed E-state index contributed by atoms with van der Waals surface area (Å²) in [6.07, 6.45) is 0. The van der Waals surface area contributed by atoms with Crippen molar-refractivity contribution < 1.29 is 0 Å². The second-order valence-corrected chi connectivity index (χ2v) is 5.37. The van der Waals surface area contributed by atoms with Crippen molar-refractivity contribution in [1.29, 1.82) is 0 Å². The third-order valence-corrected chi connectivity index (χ3v) is 3.60. The molecule has 0 heterocycles. The van der Waals surface area contributed by atoms with Gasteiger partial charge in [-0.15, -0.1) is 0 Å². The van der Waals surface area contributed by atoms with E-state index >= 15 is 0 Å². The second kappa shape index (κ2) is 7.91. The van der Waals surface area contributed by atoms with Crippen LogP contribution in [0.2, 0.25) is 0 Å². The number of benzene rings is 2. The van der Waals surface area contributed by atoms with Gasteiger partial charge in [0, 0.05) is 38.4 Å². The fourth-order valence-electron chi connectivity index (χ4n) is 2.48. The fourth-order valence-corrected chi connectivity index (χ4v) is 2.48. The molecule has 0 bridgehead atoms. The van der Waals surface area contributed by atoms with E-state index in [0.717, 1.165) is 33.5 Å². The van der Waals surface area contributed by atoms with E-state index in [9.17, 15) is 0 Å². The fraction of sp³-hybridized carbons (Fsp3) is 0.294. The van der Waals surface area contributed by atoms with Crippen LogP contribution in [0.1, 0.15) is 27.8 Å². The van der Waals surface area contributed by atoms with Crippen molar-refractivity contribution in [3.05, 3.63) is 64.2 Å². The van der Waals surface area contributed by atoms with E-state index in [4.69, 9.17) is 22.9 Å². The minimum Gasteiger partial charge on any atom is -0.381 e. The largest absolute Gasteiger partial charge is 0.381 e. The zero-order chi connectivity index (χ0) is 15.9. The Morgan fingerprint density at radius 3 is 1.32 bits per heavy atom. The summed E-state index contributed by atoms with van der Waals surface area (Å²) >= 11 is 0. The van der Waals surface area contributed by atoms with Crippen LogP contribution < -0.4 is 28.3 Å². The number of nitrogens with one attached hydrogen (secondary N) is 1. The smallest absolute Gasteiger partial charge is 0.0401 e. The Labute approximate surface area is 131 Å². The zero-order valence-corrected chi connectivity index (χ0v) is 12.8. The van der Waals surface area contributed by atoms with Crippen LogP contribution >= 0.6 is 0 Å². The molecule has 22 heavy (non-hydrogen) atoms. The highest BCUT2D eigenvalue weighted by Crippen LogP contribution is 2.17. The molecular weight excluding hydrogens is 274 g/mol. The maximum absolute atomic E-state index is 5.74. The molecule has 0 amide bonds. The van der Waals surface area contributed by atoms with Crippen LogP contribution in [-0.4, -0.2) is 0 Å². The molecule has 0 aliphatic heterocycles. The van der Waals surface area contributed by atoms with Gasteiger partial charge in [-0.3, -0.25) is 0 Å². The van der Waals surface area contributed by atoms with Crippen molar-refractivity contribution in [3.8, 4) is 0 Å². The van der Waals surface area contributed by atoms with E-state index in [1.54, 1.807) is 0 Å². The number of nitrogens with two attached hydrogens (primary N) is 4. The molecule has 0 aromatic heterocycles. The molecular formula is C17H25N5. The highest BCUT2D eigenvalue weighted by Gasteiger charge is 2.02. The first kappa shape index (κ1) is 16.5. The van der Waals surface area contributed by atoms with Gasteiger partial charge in [-0.2, -0.15) is 0 Å². The van der Waals surface area contributed by atoms with Gasteiger partial charge in [0.2, 0.25) is 0 Å². The molecule has 2 aromatic rings. The molecule has 0 spiro atoms. The molecule has 118 valence electrons. The molecule has 0 aliphatic rings. The number of hydrogen-bond acceptors (Lipinski definition) is 5. The Bertz CT molecular complexity index is 524. The van der Waals surface area contributed by atoms with Gasteiger partial charge in [-0.25, -0.2) is 0 Å². The van der Waals surface area contributed by atoms with E-state index in [1.807, 2.05) is 12.1 Å². The Balaban J connectivity index is 2.15. The summed E-state index contributed by atoms with van der Waals surface area (Å²) in [5, 5.41) is 3.42. The average Bonchev–Trinajstić information content (AvgIpc) is 2.59. The lowest BCUT2D eigenvalue weighted by molar-refractivity contribution is 0.999. The van der Waals surface area contributed by atoms with Crippen LogP contribution in [0.5, 0.6) is 0 Å². The topological polar surface area (TPSA) is 116 Å². The Kier molecular flexibility index (Phi) is 5.91. The minimum atomic E-state index is 0.502. The van der Waals surface area contributed by atoms with Crippen molar-refractivity contribution >= 4 is 5.69 Å². The standard InChI is InChI=1S/C17H25N5/c18-7-12-1-13(8-19)4-16(3-12)11-22-17-5-14(9-20)2-15(6-17)10-21/h1-6,22H,7-11,18-21H2. The van der Waals surface area contributed by atoms with Gasteiger partial charge in [-0.05, 0) is 39.9 Å². The Hall–Kier alpha value is -1.92. The van der Waals surface area contributed by atoms with Gasteiger partial charge in [0.25, 0.3) is 0 Å². The van der Waals surface area contributed by atoms with Gasteiger partial charge in [0.15, 0.2) is 0 Å². The normalized spacial score (nSPS) is 10.7. The molecule has 0 atom stereocenters. The summed E-state index contributed by atoms with van der Waals surface area (Å²) in [6.45, 7) is 2.74. The zero-order valence-electron chi connectivity index (χ0n) is 12.8. The van der Waals surface area contributed by atoms with E-state index in [-0.39, 0.29) is 0 Å². The summed E-state index contributed by atoms with van der Waals surface area (Å²) in [6, 6.07) is 12.4. The van der Waals surface area contributed by atoms with Gasteiger partial charge in [0.05, 0.1) is 0 Å². The quantitative estimate of drug-likeness (QED) is 0.525. The van der Waals surface area contributed by atoms with Crippen molar-refractivity contribution in [2.24, 2.45) is 22.9 Å². The molecule has 0 unspecified atom stereocenters. The highest BCUT2D eigenvalue weighted by atomic mass is 14.9. The predicted molar refractivity (Wildman–Crippen MR) is 91.8 cm³/mol. The van der Waals surface area contributed by atoms with Crippen molar-refractivity contribution in [2.45, 2.75) is 32.7 Å². The van der Waals surface area contributed by atoms with Crippen molar-refractivity contribution in [3.63, 3.8) is 0 Å². The molecule has 0 saturated carbocycles. The van der Waals surface area contributed by atoms with Crippen LogP contribution in [0.4, 0.5) is 5.69 Å². The Morgan fingerprint density at radius 2 is 0.909 bits per heavy atom. The van der Waals surface area contributed by atoms with E-state index in [1.165, 1.54) is 0 Å². The Morgan fingerprint density at radius 1 is 0.545 bits per heavy atom. The molecule has 2 rings (SSSR count). The number of anilines is 1. The van der Waals surface area contributed by atoms with E-state index < -0.39 is 0 Å². The highest BCUT2D eigenvalue weighted by molar-refractivity contribution is 5.49. The van der Waals surface area contributed by atoms with Crippen LogP contribution in [0.25, 0.3) is 0 Å². The lowest BCUT2D eigenvalue weighted by Crippen LogP contribution is -2.07. The second-order valence-electron chi connectivity index (χ2n) is 5.37. The summed E-state index contributed by atoms with van der Waals surface area (Å²) in [5.74, 6) is 0. The first-order chi connectivity index (χ1) is 10.7. The maximum Gasteiger partial charge on any atom is 0.0401 e. The number of rotatable bonds is 7. The van der Waals surface area contributed by atoms with Crippen LogP contribution in [0, 0.1) is 0 Å². The number of hydrogen-bond donors (Lipinski definition) is 5. The first-order valence-corrected chi connectivity index (χ1v) is 7.47. The monoisotopic (exact) mass is 299 g/mol. The van der Waals surface area contributed by atoms with Gasteiger partial charge >= 0.3 is 0 Å². The molecule has 5 nitrogen and oxygen atoms in total. The molecule has 0 fully saturated rings. The van der Waals surface area contributed by atoms with Gasteiger partial charge in [-0.1, -0.05) is 24.3 Å². The van der Waals surface area contributed by atoms with Crippen molar-refractivity contribution in [2.75, 3.05) is 5.32 Å². The lowest BCUT2D eigenvalue weighted by Gasteiger charge is -2.12. The van der Waals surface area contributed by atoms with E-state index in [0.29, 0.717) is 32.7 Å². The molecule has 9 N–H and O–H groups in total. The van der Waals surface area contributed by atoms with Crippen molar-refractivity contribution in [1.82, 2.24) is 0 Å². The van der Waals surface area contributed by atoms with Gasteiger partial charge < -0.3 is 28.3 Å². The summed E-state index contributed by atoms with van der Waals surface area (Å²) in [7, 11) is 0. The molecule has 5 heteroatoms.